The van der Waals surface area contributed by atoms with Crippen molar-refractivity contribution >= 4 is 53.9 Å². The van der Waals surface area contributed by atoms with Crippen molar-refractivity contribution in [2.45, 2.75) is 169 Å². The maximum absolute atomic E-state index is 13.9. The van der Waals surface area contributed by atoms with E-state index in [2.05, 4.69) is 46.7 Å². The summed E-state index contributed by atoms with van der Waals surface area (Å²) in [5, 5.41) is 7.98. The third-order valence-corrected chi connectivity index (χ3v) is 9.46. The maximum atomic E-state index is 13.9. The molecule has 0 saturated carbocycles. The highest BCUT2D eigenvalue weighted by Gasteiger charge is 2.39. The number of rotatable bonds is 11. The van der Waals surface area contributed by atoms with E-state index in [-0.39, 0.29) is 24.2 Å². The number of benzene rings is 1. The maximum Gasteiger partial charge on any atom is 0.437 e. The minimum atomic E-state index is -1.48. The average molecular weight is 997 g/mol. The third kappa shape index (κ3) is 19.5. The predicted molar refractivity (Wildman–Crippen MR) is 262 cm³/mol. The van der Waals surface area contributed by atoms with Crippen LogP contribution in [0, 0.1) is 0 Å². The second-order valence-electron chi connectivity index (χ2n) is 21.7. The second-order valence-corrected chi connectivity index (χ2v) is 21.7. The first-order valence-corrected chi connectivity index (χ1v) is 23.0. The molecule has 0 aliphatic carbocycles. The fourth-order valence-electron chi connectivity index (χ4n) is 6.33. The minimum Gasteiger partial charge on any atom is -0.467 e. The number of aliphatic imine (C=N–C) groups is 1. The standard InChI is InChI=1S/C49H72N8O14/c1-45(2,3)30-20-18-29(19-21-30)37(59)52-33-25-27-56(40(61)53-33)35-23-22-32(36(67-35)38(60)66-17)51-34(58)28-31(50-41(62)68-46(4,5)6)24-26-55(16)39(54-42(63)69-47(7,8)9)57(43(64)70-48(10,11)12)44(65)71-49(13,14)15/h18-23,25,27,31-32,35-36H,24,26,28H2,1-17H3,(H,50,62)(H,51,58)(H,52,53,59,61)/b54-39-/t31-,32-,35+,36-/m0/s1. The molecular formula is C49H72N8O14. The number of alkyl carbamates (subject to hydrolysis) is 1. The predicted octanol–water partition coefficient (Wildman–Crippen LogP) is 6.97. The molecule has 0 fully saturated rings. The molecular weight excluding hydrogens is 925 g/mol. The molecule has 22 nitrogen and oxygen atoms in total. The van der Waals surface area contributed by atoms with E-state index in [1.54, 1.807) is 95.2 Å². The van der Waals surface area contributed by atoms with E-state index in [1.807, 2.05) is 12.1 Å². The van der Waals surface area contributed by atoms with E-state index in [1.165, 1.54) is 36.4 Å². The van der Waals surface area contributed by atoms with Gasteiger partial charge in [0.15, 0.2) is 12.3 Å². The second kappa shape index (κ2) is 23.4. The summed E-state index contributed by atoms with van der Waals surface area (Å²) >= 11 is 0. The molecule has 2 aromatic rings. The van der Waals surface area contributed by atoms with E-state index in [0.717, 1.165) is 17.2 Å². The summed E-state index contributed by atoms with van der Waals surface area (Å²) < 4.78 is 34.0. The third-order valence-electron chi connectivity index (χ3n) is 9.46. The van der Waals surface area contributed by atoms with Gasteiger partial charge in [-0.2, -0.15) is 4.98 Å². The fraction of sp³-hybridized carbons (Fsp3) is 0.592. The summed E-state index contributed by atoms with van der Waals surface area (Å²) in [6.07, 6.45) is -3.56. The Morgan fingerprint density at radius 3 is 1.82 bits per heavy atom. The van der Waals surface area contributed by atoms with E-state index in [9.17, 15) is 38.4 Å². The Morgan fingerprint density at radius 2 is 1.32 bits per heavy atom. The van der Waals surface area contributed by atoms with Crippen LogP contribution in [-0.4, -0.2) is 129 Å². The molecule has 4 atom stereocenters. The molecule has 0 bridgehead atoms. The van der Waals surface area contributed by atoms with Gasteiger partial charge in [0.1, 0.15) is 28.2 Å². The number of nitrogens with one attached hydrogen (secondary N) is 3. The molecule has 22 heteroatoms. The highest BCUT2D eigenvalue weighted by atomic mass is 16.6. The lowest BCUT2D eigenvalue weighted by molar-refractivity contribution is -0.163. The summed E-state index contributed by atoms with van der Waals surface area (Å²) in [6, 6.07) is 6.25. The van der Waals surface area contributed by atoms with Gasteiger partial charge in [-0.15, -0.1) is 9.89 Å². The molecule has 392 valence electrons. The van der Waals surface area contributed by atoms with Crippen molar-refractivity contribution in [3.05, 3.63) is 70.3 Å². The number of guanidine groups is 1. The topological polar surface area (TPSA) is 265 Å². The molecule has 0 spiro atoms. The first-order valence-electron chi connectivity index (χ1n) is 23.0. The van der Waals surface area contributed by atoms with E-state index in [0.29, 0.717) is 10.5 Å². The molecule has 0 radical (unpaired) electrons. The van der Waals surface area contributed by atoms with Crippen molar-refractivity contribution in [1.29, 1.82) is 0 Å². The van der Waals surface area contributed by atoms with Crippen LogP contribution in [0.25, 0.3) is 0 Å². The monoisotopic (exact) mass is 997 g/mol. The van der Waals surface area contributed by atoms with Crippen LogP contribution < -0.4 is 21.6 Å². The average Bonchev–Trinajstić information content (AvgIpc) is 3.19. The van der Waals surface area contributed by atoms with E-state index >= 15 is 0 Å². The Kier molecular flexibility index (Phi) is 19.3. The van der Waals surface area contributed by atoms with Gasteiger partial charge in [-0.05, 0) is 125 Å². The zero-order valence-corrected chi connectivity index (χ0v) is 44.0. The van der Waals surface area contributed by atoms with Crippen molar-refractivity contribution in [3.63, 3.8) is 0 Å². The van der Waals surface area contributed by atoms with Crippen LogP contribution in [0.2, 0.25) is 0 Å². The van der Waals surface area contributed by atoms with Crippen LogP contribution >= 0.6 is 0 Å². The number of aromatic nitrogens is 2. The SMILES string of the molecule is COC(=O)[C@H]1O[C@@H](n2ccc(NC(=O)c3ccc(C(C)(C)C)cc3)nc2=O)C=C[C@@H]1NC(=O)C[C@H](CCN(C)/C(=N/C(=O)OC(C)(C)C)N(C(=O)OC(C)(C)C)C(=O)OC(C)(C)C)NC(=O)OC(C)(C)C. The number of ether oxygens (including phenoxy) is 6. The normalized spacial score (nSPS) is 16.9. The number of esters is 1. The van der Waals surface area contributed by atoms with Gasteiger partial charge >= 0.3 is 36.0 Å². The molecule has 0 saturated heterocycles. The van der Waals surface area contributed by atoms with Crippen molar-refractivity contribution in [1.82, 2.24) is 30.0 Å². The van der Waals surface area contributed by atoms with Crippen molar-refractivity contribution < 1.29 is 62.0 Å². The first kappa shape index (κ1) is 58.5. The molecule has 3 rings (SSSR count). The highest BCUT2D eigenvalue weighted by molar-refractivity contribution is 6.10. The van der Waals surface area contributed by atoms with Crippen LogP contribution in [0.3, 0.4) is 0 Å². The Labute approximate surface area is 415 Å². The zero-order valence-electron chi connectivity index (χ0n) is 44.0. The lowest BCUT2D eigenvalue weighted by atomic mass is 9.87. The number of imide groups is 1. The van der Waals surface area contributed by atoms with Crippen molar-refractivity contribution in [2.75, 3.05) is 26.0 Å². The Balaban J connectivity index is 1.91. The van der Waals surface area contributed by atoms with E-state index < -0.39 is 107 Å². The smallest absolute Gasteiger partial charge is 0.437 e. The number of anilines is 1. The van der Waals surface area contributed by atoms with Gasteiger partial charge in [0, 0.05) is 37.8 Å². The van der Waals surface area contributed by atoms with Crippen LogP contribution in [0.5, 0.6) is 0 Å². The summed E-state index contributed by atoms with van der Waals surface area (Å²) in [5.74, 6) is -2.66. The summed E-state index contributed by atoms with van der Waals surface area (Å²) in [7, 11) is 2.51. The van der Waals surface area contributed by atoms with Gasteiger partial charge in [-0.1, -0.05) is 39.0 Å². The molecule has 1 aromatic heterocycles. The van der Waals surface area contributed by atoms with Gasteiger partial charge in [0.05, 0.1) is 13.2 Å². The number of hydrogen-bond donors (Lipinski definition) is 3. The van der Waals surface area contributed by atoms with Crippen molar-refractivity contribution in [2.24, 2.45) is 4.99 Å². The van der Waals surface area contributed by atoms with Gasteiger partial charge in [0.2, 0.25) is 11.9 Å². The summed E-state index contributed by atoms with van der Waals surface area (Å²) in [5.41, 5.74) is -3.75. The lowest BCUT2D eigenvalue weighted by Crippen LogP contribution is -2.53. The largest absolute Gasteiger partial charge is 0.467 e. The molecule has 1 aliphatic rings. The molecule has 2 heterocycles. The number of methoxy groups -OCH3 is 1. The Hall–Kier alpha value is -6.84. The summed E-state index contributed by atoms with van der Waals surface area (Å²) in [6.45, 7) is 25.1. The van der Waals surface area contributed by atoms with Gasteiger partial charge in [-0.25, -0.2) is 28.8 Å². The van der Waals surface area contributed by atoms with Crippen LogP contribution in [-0.2, 0) is 43.4 Å². The van der Waals surface area contributed by atoms with Crippen molar-refractivity contribution in [3.8, 4) is 0 Å². The molecule has 71 heavy (non-hydrogen) atoms. The molecule has 3 N–H and O–H groups in total. The number of nitrogens with zero attached hydrogens (tertiary/aromatic N) is 5. The highest BCUT2D eigenvalue weighted by Crippen LogP contribution is 2.25. The fourth-order valence-corrected chi connectivity index (χ4v) is 6.33. The number of carbonyl (C=O) groups excluding carboxylic acids is 7. The quantitative estimate of drug-likeness (QED) is 0.0674. The van der Waals surface area contributed by atoms with Crippen LogP contribution in [0.1, 0.15) is 139 Å². The van der Waals surface area contributed by atoms with E-state index in [4.69, 9.17) is 28.4 Å². The molecule has 1 aliphatic heterocycles. The molecule has 0 unspecified atom stereocenters. The summed E-state index contributed by atoms with van der Waals surface area (Å²) in [4.78, 5) is 117. The Bertz CT molecular complexity index is 2350. The number of amides is 6. The lowest BCUT2D eigenvalue weighted by Gasteiger charge is -2.33. The minimum absolute atomic E-state index is 0.0266. The molecule has 1 aromatic carbocycles. The number of carbonyl (C=O) groups is 7. The first-order chi connectivity index (χ1) is 32.4. The van der Waals surface area contributed by atoms with Gasteiger partial charge in [-0.3, -0.25) is 14.2 Å². The number of hydrogen-bond acceptors (Lipinski definition) is 15. The van der Waals surface area contributed by atoms with Gasteiger partial charge < -0.3 is 49.3 Å². The molecule has 6 amide bonds. The van der Waals surface area contributed by atoms with Crippen LogP contribution in [0.15, 0.2) is 58.5 Å². The van der Waals surface area contributed by atoms with Gasteiger partial charge in [0.25, 0.3) is 5.91 Å². The zero-order chi connectivity index (χ0) is 54.0. The van der Waals surface area contributed by atoms with Crippen LogP contribution in [0.4, 0.5) is 25.0 Å². The Morgan fingerprint density at radius 1 is 0.775 bits per heavy atom.